The number of fused-ring (bicyclic) bond motifs is 1. The minimum atomic E-state index is -0.390. The Labute approximate surface area is 190 Å². The molecule has 0 aliphatic carbocycles. The van der Waals surface area contributed by atoms with Gasteiger partial charge in [-0.25, -0.2) is 0 Å². The van der Waals surface area contributed by atoms with Gasteiger partial charge in [-0.15, -0.1) is 0 Å². The number of aromatic nitrogens is 2. The van der Waals surface area contributed by atoms with Gasteiger partial charge >= 0.3 is 0 Å². The van der Waals surface area contributed by atoms with Crippen LogP contribution in [0.4, 0.5) is 5.69 Å². The highest BCUT2D eigenvalue weighted by Gasteiger charge is 2.29. The Hall–Kier alpha value is -4.22. The van der Waals surface area contributed by atoms with Crippen LogP contribution < -0.4 is 5.32 Å². The summed E-state index contributed by atoms with van der Waals surface area (Å²) in [5.74, 6) is -0.971. The Balaban J connectivity index is 1.84. The number of carbonyl (C=O) groups is 3. The van der Waals surface area contributed by atoms with Crippen molar-refractivity contribution in [1.82, 2.24) is 19.6 Å². The van der Waals surface area contributed by atoms with E-state index >= 15 is 0 Å². The molecule has 3 amide bonds. The zero-order valence-corrected chi connectivity index (χ0v) is 18.4. The van der Waals surface area contributed by atoms with E-state index in [2.05, 4.69) is 10.4 Å². The van der Waals surface area contributed by atoms with Crippen LogP contribution in [0.1, 0.15) is 22.5 Å². The molecule has 1 aromatic heterocycles. The molecular weight excluding hydrogens is 426 g/mol. The summed E-state index contributed by atoms with van der Waals surface area (Å²) in [5.41, 5.74) is 2.06. The second-order valence-corrected chi connectivity index (χ2v) is 7.44. The predicted octanol–water partition coefficient (Wildman–Crippen LogP) is 0.835. The summed E-state index contributed by atoms with van der Waals surface area (Å²) in [4.78, 5) is 40.3. The van der Waals surface area contributed by atoms with E-state index in [0.29, 0.717) is 47.8 Å². The van der Waals surface area contributed by atoms with Crippen LogP contribution in [0.15, 0.2) is 24.3 Å². The predicted molar refractivity (Wildman–Crippen MR) is 117 cm³/mol. The number of rotatable bonds is 8. The fourth-order valence-corrected chi connectivity index (χ4v) is 3.41. The highest BCUT2D eigenvalue weighted by molar-refractivity contribution is 5.99. The van der Waals surface area contributed by atoms with Crippen LogP contribution >= 0.6 is 0 Å². The number of likely N-dealkylation sites (N-methyl/N-ethyl adjacent to an activating group) is 1. The smallest absolute Gasteiger partial charge is 0.272 e. The van der Waals surface area contributed by atoms with Gasteiger partial charge in [-0.3, -0.25) is 19.1 Å². The number of methoxy groups -OCH3 is 1. The zero-order valence-electron chi connectivity index (χ0n) is 18.4. The van der Waals surface area contributed by atoms with Crippen molar-refractivity contribution < 1.29 is 19.1 Å². The largest absolute Gasteiger partial charge is 0.375 e. The third-order valence-electron chi connectivity index (χ3n) is 5.15. The van der Waals surface area contributed by atoms with E-state index in [4.69, 9.17) is 10.00 Å². The van der Waals surface area contributed by atoms with Gasteiger partial charge in [-0.05, 0) is 24.3 Å². The van der Waals surface area contributed by atoms with Crippen LogP contribution in [0.3, 0.4) is 0 Å². The van der Waals surface area contributed by atoms with Crippen molar-refractivity contribution in [3.05, 3.63) is 35.5 Å². The van der Waals surface area contributed by atoms with Gasteiger partial charge in [0.15, 0.2) is 0 Å². The molecule has 2 aromatic rings. The summed E-state index contributed by atoms with van der Waals surface area (Å²) in [6.45, 7) is 0.778. The first-order valence-electron chi connectivity index (χ1n) is 10.2. The number of nitriles is 2. The molecule has 1 aromatic carbocycles. The first kappa shape index (κ1) is 23.4. The van der Waals surface area contributed by atoms with Gasteiger partial charge in [-0.1, -0.05) is 0 Å². The van der Waals surface area contributed by atoms with Gasteiger partial charge in [0, 0.05) is 32.8 Å². The summed E-state index contributed by atoms with van der Waals surface area (Å²) in [6, 6.07) is 10.4. The molecule has 2 heterocycles. The standard InChI is InChI=1S/C22H23N7O4/c1-27(7-3-6-23)21(31)13-28-8-9-29-19(22(28)32)11-18(26-29)16-5-4-15(12-24)10-17(16)25-20(30)14-33-2/h4-5,10-11H,3,7-9,13-14H2,1-2H3,(H,25,30). The molecule has 11 nitrogen and oxygen atoms in total. The molecular formula is C22H23N7O4. The maximum Gasteiger partial charge on any atom is 0.272 e. The van der Waals surface area contributed by atoms with E-state index in [1.807, 2.05) is 12.1 Å². The molecule has 0 fully saturated rings. The monoisotopic (exact) mass is 449 g/mol. The molecule has 0 radical (unpaired) electrons. The fraction of sp³-hybridized carbons (Fsp3) is 0.364. The second-order valence-electron chi connectivity index (χ2n) is 7.44. The number of carbonyl (C=O) groups excluding carboxylic acids is 3. The first-order chi connectivity index (χ1) is 15.9. The lowest BCUT2D eigenvalue weighted by Gasteiger charge is -2.28. The maximum absolute atomic E-state index is 13.0. The molecule has 0 bridgehead atoms. The molecule has 170 valence electrons. The van der Waals surface area contributed by atoms with Crippen molar-refractivity contribution in [2.75, 3.05) is 45.7 Å². The minimum absolute atomic E-state index is 0.0868. The molecule has 0 saturated heterocycles. The number of benzene rings is 1. The van der Waals surface area contributed by atoms with E-state index in [1.165, 1.54) is 23.0 Å². The summed E-state index contributed by atoms with van der Waals surface area (Å²) in [6.07, 6.45) is 0.222. The topological polar surface area (TPSA) is 144 Å². The highest BCUT2D eigenvalue weighted by Crippen LogP contribution is 2.30. The van der Waals surface area contributed by atoms with E-state index in [0.717, 1.165) is 0 Å². The molecule has 0 spiro atoms. The zero-order chi connectivity index (χ0) is 24.0. The third-order valence-corrected chi connectivity index (χ3v) is 5.15. The molecule has 0 atom stereocenters. The van der Waals surface area contributed by atoms with Crippen molar-refractivity contribution in [2.24, 2.45) is 0 Å². The summed E-state index contributed by atoms with van der Waals surface area (Å²) in [5, 5.41) is 25.1. The molecule has 1 aliphatic heterocycles. The normalized spacial score (nSPS) is 12.5. The second kappa shape index (κ2) is 10.4. The molecule has 11 heteroatoms. The number of hydrogen-bond donors (Lipinski definition) is 1. The van der Waals surface area contributed by atoms with Crippen molar-refractivity contribution in [3.8, 4) is 23.4 Å². The van der Waals surface area contributed by atoms with Gasteiger partial charge in [-0.2, -0.15) is 15.6 Å². The molecule has 1 N–H and O–H groups in total. The van der Waals surface area contributed by atoms with E-state index in [-0.39, 0.29) is 37.3 Å². The van der Waals surface area contributed by atoms with Crippen LogP contribution in [-0.2, 0) is 20.9 Å². The minimum Gasteiger partial charge on any atom is -0.375 e. The first-order valence-corrected chi connectivity index (χ1v) is 10.2. The van der Waals surface area contributed by atoms with Crippen molar-refractivity contribution >= 4 is 23.4 Å². The Morgan fingerprint density at radius 2 is 2.06 bits per heavy atom. The van der Waals surface area contributed by atoms with Gasteiger partial charge in [0.25, 0.3) is 5.91 Å². The highest BCUT2D eigenvalue weighted by atomic mass is 16.5. The van der Waals surface area contributed by atoms with Crippen molar-refractivity contribution in [1.29, 1.82) is 10.5 Å². The molecule has 33 heavy (non-hydrogen) atoms. The SMILES string of the molecule is COCC(=O)Nc1cc(C#N)ccc1-c1cc2n(n1)CCN(CC(=O)N(C)CCC#N)C2=O. The van der Waals surface area contributed by atoms with Crippen LogP contribution in [0.2, 0.25) is 0 Å². The van der Waals surface area contributed by atoms with Crippen LogP contribution in [0.25, 0.3) is 11.3 Å². The van der Waals surface area contributed by atoms with Crippen molar-refractivity contribution in [2.45, 2.75) is 13.0 Å². The van der Waals surface area contributed by atoms with Gasteiger partial charge < -0.3 is 19.9 Å². The summed E-state index contributed by atoms with van der Waals surface area (Å²) >= 11 is 0. The lowest BCUT2D eigenvalue weighted by atomic mass is 10.1. The van der Waals surface area contributed by atoms with E-state index < -0.39 is 0 Å². The fourth-order valence-electron chi connectivity index (χ4n) is 3.41. The Kier molecular flexibility index (Phi) is 7.38. The van der Waals surface area contributed by atoms with Gasteiger partial charge in [0.05, 0.1) is 42.0 Å². The number of ether oxygens (including phenoxy) is 1. The number of anilines is 1. The van der Waals surface area contributed by atoms with Gasteiger partial charge in [0.2, 0.25) is 11.8 Å². The van der Waals surface area contributed by atoms with E-state index in [9.17, 15) is 19.6 Å². The van der Waals surface area contributed by atoms with Crippen molar-refractivity contribution in [3.63, 3.8) is 0 Å². The average molecular weight is 449 g/mol. The maximum atomic E-state index is 13.0. The Morgan fingerprint density at radius 3 is 2.76 bits per heavy atom. The lowest BCUT2D eigenvalue weighted by molar-refractivity contribution is -0.130. The molecule has 0 unspecified atom stereocenters. The molecule has 0 saturated carbocycles. The Bertz CT molecular complexity index is 1160. The van der Waals surface area contributed by atoms with Crippen LogP contribution in [-0.4, -0.2) is 77.7 Å². The van der Waals surface area contributed by atoms with Crippen LogP contribution in [0, 0.1) is 22.7 Å². The molecule has 1 aliphatic rings. The van der Waals surface area contributed by atoms with E-state index in [1.54, 1.807) is 29.9 Å². The average Bonchev–Trinajstić information content (AvgIpc) is 3.24. The molecule has 3 rings (SSSR count). The van der Waals surface area contributed by atoms with Crippen LogP contribution in [0.5, 0.6) is 0 Å². The Morgan fingerprint density at radius 1 is 1.27 bits per heavy atom. The number of hydrogen-bond acceptors (Lipinski definition) is 7. The number of amides is 3. The number of nitrogens with one attached hydrogen (secondary N) is 1. The summed E-state index contributed by atoms with van der Waals surface area (Å²) < 4.78 is 6.41. The lowest BCUT2D eigenvalue weighted by Crippen LogP contribution is -2.46. The van der Waals surface area contributed by atoms with Gasteiger partial charge in [0.1, 0.15) is 18.8 Å². The summed E-state index contributed by atoms with van der Waals surface area (Å²) in [7, 11) is 3.00. The quantitative estimate of drug-likeness (QED) is 0.628. The third kappa shape index (κ3) is 5.34. The number of nitrogens with zero attached hydrogens (tertiary/aromatic N) is 6.